The maximum atomic E-state index is 12.6. The number of aryl methyl sites for hydroxylation is 1. The maximum Gasteiger partial charge on any atom is 0.231 e. The molecule has 1 aliphatic heterocycles. The fourth-order valence-electron chi connectivity index (χ4n) is 3.01. The average Bonchev–Trinajstić information content (AvgIpc) is 3.03. The highest BCUT2D eigenvalue weighted by Crippen LogP contribution is 2.35. The van der Waals surface area contributed by atoms with E-state index in [4.69, 9.17) is 21.1 Å². The summed E-state index contributed by atoms with van der Waals surface area (Å²) in [6.45, 7) is 2.52. The van der Waals surface area contributed by atoms with Crippen molar-refractivity contribution in [1.82, 2.24) is 0 Å². The first-order chi connectivity index (χ1) is 13.6. The third-order valence-corrected chi connectivity index (χ3v) is 4.90. The summed E-state index contributed by atoms with van der Waals surface area (Å²) < 4.78 is 11.6. The Kier molecular flexibility index (Phi) is 5.18. The number of benzene rings is 3. The van der Waals surface area contributed by atoms with Crippen LogP contribution < -0.4 is 9.47 Å². The van der Waals surface area contributed by atoms with E-state index in [0.29, 0.717) is 34.5 Å². The number of hydrogen-bond acceptors (Lipinski definition) is 3. The molecular formula is C24H19ClO3. The second kappa shape index (κ2) is 7.91. The molecule has 0 amide bonds. The maximum absolute atomic E-state index is 12.6. The molecule has 0 spiro atoms. The minimum Gasteiger partial charge on any atom is -0.489 e. The Morgan fingerprint density at radius 1 is 0.964 bits per heavy atom. The van der Waals surface area contributed by atoms with E-state index in [1.807, 2.05) is 36.4 Å². The van der Waals surface area contributed by atoms with Gasteiger partial charge in [-0.25, -0.2) is 0 Å². The van der Waals surface area contributed by atoms with Gasteiger partial charge in [0.2, 0.25) is 5.78 Å². The molecule has 0 N–H and O–H groups in total. The van der Waals surface area contributed by atoms with Gasteiger partial charge in [0.1, 0.15) is 18.1 Å². The molecule has 0 bridgehead atoms. The molecule has 4 rings (SSSR count). The summed E-state index contributed by atoms with van der Waals surface area (Å²) in [5, 5.41) is 0.692. The van der Waals surface area contributed by atoms with Crippen LogP contribution in [0, 0.1) is 0 Å². The number of ether oxygens (including phenoxy) is 2. The number of ketones is 1. The number of rotatable bonds is 5. The highest BCUT2D eigenvalue weighted by molar-refractivity contribution is 6.30. The third-order valence-electron chi connectivity index (χ3n) is 4.65. The summed E-state index contributed by atoms with van der Waals surface area (Å²) >= 11 is 5.90. The number of carbonyl (C=O) groups excluding carboxylic acids is 1. The van der Waals surface area contributed by atoms with Gasteiger partial charge in [-0.1, -0.05) is 54.9 Å². The van der Waals surface area contributed by atoms with Crippen LogP contribution in [0.25, 0.3) is 6.08 Å². The lowest BCUT2D eigenvalue weighted by molar-refractivity contribution is 0.101. The first-order valence-electron chi connectivity index (χ1n) is 9.17. The lowest BCUT2D eigenvalue weighted by Crippen LogP contribution is -1.98. The number of carbonyl (C=O) groups is 1. The average molecular weight is 391 g/mol. The van der Waals surface area contributed by atoms with Crippen LogP contribution >= 0.6 is 11.6 Å². The van der Waals surface area contributed by atoms with Crippen molar-refractivity contribution in [2.24, 2.45) is 0 Å². The van der Waals surface area contributed by atoms with Crippen molar-refractivity contribution in [3.05, 3.63) is 99.8 Å². The van der Waals surface area contributed by atoms with Gasteiger partial charge in [-0.15, -0.1) is 0 Å². The van der Waals surface area contributed by atoms with Crippen molar-refractivity contribution in [3.8, 4) is 11.5 Å². The Hall–Kier alpha value is -3.04. The van der Waals surface area contributed by atoms with E-state index in [2.05, 4.69) is 19.1 Å². The van der Waals surface area contributed by atoms with Crippen molar-refractivity contribution in [2.45, 2.75) is 20.0 Å². The standard InChI is InChI=1S/C24H19ClO3/c1-2-16-3-5-17(6-4-16)13-23-24(26)21-12-11-20(14-22(21)28-23)27-15-18-7-9-19(25)10-8-18/h3-14H,2,15H2,1H3/b23-13-. The van der Waals surface area contributed by atoms with Crippen LogP contribution in [0.15, 0.2) is 72.5 Å². The molecule has 0 aliphatic carbocycles. The molecule has 140 valence electrons. The highest BCUT2D eigenvalue weighted by Gasteiger charge is 2.27. The summed E-state index contributed by atoms with van der Waals surface area (Å²) in [6, 6.07) is 20.9. The third kappa shape index (κ3) is 3.95. The van der Waals surface area contributed by atoms with Crippen molar-refractivity contribution in [2.75, 3.05) is 0 Å². The Bertz CT molecular complexity index is 1030. The normalized spacial score (nSPS) is 14.1. The molecule has 4 heteroatoms. The molecule has 28 heavy (non-hydrogen) atoms. The molecule has 3 aromatic rings. The molecular weight excluding hydrogens is 372 g/mol. The molecule has 0 unspecified atom stereocenters. The van der Waals surface area contributed by atoms with Gasteiger partial charge in [-0.05, 0) is 53.5 Å². The summed E-state index contributed by atoms with van der Waals surface area (Å²) in [7, 11) is 0. The van der Waals surface area contributed by atoms with Gasteiger partial charge in [0.25, 0.3) is 0 Å². The molecule has 0 fully saturated rings. The predicted molar refractivity (Wildman–Crippen MR) is 111 cm³/mol. The van der Waals surface area contributed by atoms with Crippen LogP contribution in [0.5, 0.6) is 11.5 Å². The fourth-order valence-corrected chi connectivity index (χ4v) is 3.13. The molecule has 0 saturated heterocycles. The molecule has 1 heterocycles. The van der Waals surface area contributed by atoms with Crippen LogP contribution in [0.3, 0.4) is 0 Å². The Morgan fingerprint density at radius 2 is 1.68 bits per heavy atom. The fraction of sp³-hybridized carbons (Fsp3) is 0.125. The largest absolute Gasteiger partial charge is 0.489 e. The van der Waals surface area contributed by atoms with Crippen molar-refractivity contribution >= 4 is 23.5 Å². The monoisotopic (exact) mass is 390 g/mol. The van der Waals surface area contributed by atoms with Gasteiger partial charge < -0.3 is 9.47 Å². The zero-order valence-electron chi connectivity index (χ0n) is 15.4. The minimum atomic E-state index is -0.112. The van der Waals surface area contributed by atoms with Crippen LogP contribution in [-0.2, 0) is 13.0 Å². The molecule has 0 aromatic heterocycles. The second-order valence-electron chi connectivity index (χ2n) is 6.61. The van der Waals surface area contributed by atoms with Gasteiger partial charge in [0, 0.05) is 11.1 Å². The van der Waals surface area contributed by atoms with Crippen molar-refractivity contribution < 1.29 is 14.3 Å². The van der Waals surface area contributed by atoms with Crippen LogP contribution in [0.2, 0.25) is 5.02 Å². The van der Waals surface area contributed by atoms with E-state index in [1.54, 1.807) is 24.3 Å². The molecule has 0 saturated carbocycles. The number of halogens is 1. The Balaban J connectivity index is 1.49. The molecule has 3 nitrogen and oxygen atoms in total. The highest BCUT2D eigenvalue weighted by atomic mass is 35.5. The summed E-state index contributed by atoms with van der Waals surface area (Å²) in [5.74, 6) is 1.39. The topological polar surface area (TPSA) is 35.5 Å². The zero-order chi connectivity index (χ0) is 19.5. The molecule has 0 atom stereocenters. The lowest BCUT2D eigenvalue weighted by atomic mass is 10.1. The number of fused-ring (bicyclic) bond motifs is 1. The van der Waals surface area contributed by atoms with Gasteiger partial charge in [-0.2, -0.15) is 0 Å². The van der Waals surface area contributed by atoms with Gasteiger partial charge >= 0.3 is 0 Å². The summed E-state index contributed by atoms with van der Waals surface area (Å²) in [5.41, 5.74) is 3.76. The Labute approximate surface area is 169 Å². The Morgan fingerprint density at radius 3 is 2.39 bits per heavy atom. The van der Waals surface area contributed by atoms with Crippen LogP contribution in [0.1, 0.15) is 34.0 Å². The number of hydrogen-bond donors (Lipinski definition) is 0. The van der Waals surface area contributed by atoms with Gasteiger partial charge in [0.15, 0.2) is 5.76 Å². The van der Waals surface area contributed by atoms with E-state index < -0.39 is 0 Å². The van der Waals surface area contributed by atoms with E-state index in [0.717, 1.165) is 17.5 Å². The van der Waals surface area contributed by atoms with Crippen molar-refractivity contribution in [3.63, 3.8) is 0 Å². The number of Topliss-reactive ketones (excluding diaryl/α,β-unsaturated/α-hetero) is 1. The smallest absolute Gasteiger partial charge is 0.231 e. The van der Waals surface area contributed by atoms with Gasteiger partial charge in [0.05, 0.1) is 5.56 Å². The lowest BCUT2D eigenvalue weighted by Gasteiger charge is -2.07. The van der Waals surface area contributed by atoms with Crippen molar-refractivity contribution in [1.29, 1.82) is 0 Å². The quantitative estimate of drug-likeness (QED) is 0.494. The second-order valence-corrected chi connectivity index (χ2v) is 7.04. The first kappa shape index (κ1) is 18.3. The van der Waals surface area contributed by atoms with E-state index in [1.165, 1.54) is 5.56 Å². The summed E-state index contributed by atoms with van der Waals surface area (Å²) in [6.07, 6.45) is 2.76. The van der Waals surface area contributed by atoms with E-state index in [-0.39, 0.29) is 5.78 Å². The molecule has 1 aliphatic rings. The minimum absolute atomic E-state index is 0.112. The first-order valence-corrected chi connectivity index (χ1v) is 9.54. The SMILES string of the molecule is CCc1ccc(/C=C2\Oc3cc(OCc4ccc(Cl)cc4)ccc3C2=O)cc1. The molecule has 3 aromatic carbocycles. The van der Waals surface area contributed by atoms with Crippen LogP contribution in [-0.4, -0.2) is 5.78 Å². The number of allylic oxidation sites excluding steroid dienone is 1. The van der Waals surface area contributed by atoms with E-state index >= 15 is 0 Å². The van der Waals surface area contributed by atoms with Gasteiger partial charge in [-0.3, -0.25) is 4.79 Å². The van der Waals surface area contributed by atoms with E-state index in [9.17, 15) is 4.79 Å². The predicted octanol–water partition coefficient (Wildman–Crippen LogP) is 6.10. The molecule has 0 radical (unpaired) electrons. The summed E-state index contributed by atoms with van der Waals surface area (Å²) in [4.78, 5) is 12.6. The zero-order valence-corrected chi connectivity index (χ0v) is 16.2. The van der Waals surface area contributed by atoms with Crippen LogP contribution in [0.4, 0.5) is 0 Å².